The molecule has 2 unspecified atom stereocenters. The molecule has 128 valence electrons. The second-order valence-electron chi connectivity index (χ2n) is 5.50. The van der Waals surface area contributed by atoms with Crippen molar-refractivity contribution in [3.05, 3.63) is 71.8 Å². The van der Waals surface area contributed by atoms with Crippen LogP contribution in [0.5, 0.6) is 0 Å². The molecule has 0 aliphatic heterocycles. The highest BCUT2D eigenvalue weighted by atomic mass is 127. The summed E-state index contributed by atoms with van der Waals surface area (Å²) in [5.41, 5.74) is 1.32. The average Bonchev–Trinajstić information content (AvgIpc) is 2.66. The van der Waals surface area contributed by atoms with Crippen molar-refractivity contribution in [1.82, 2.24) is 0 Å². The van der Waals surface area contributed by atoms with Gasteiger partial charge in [0, 0.05) is 17.9 Å². The molecule has 0 aliphatic rings. The fraction of sp³-hybridized carbons (Fsp3) is 0.250. The molecule has 2 atom stereocenters. The highest BCUT2D eigenvalue weighted by Crippen LogP contribution is 2.40. The molecule has 0 N–H and O–H groups in total. The first kappa shape index (κ1) is 19.1. The van der Waals surface area contributed by atoms with Crippen LogP contribution in [-0.4, -0.2) is 21.8 Å². The molecule has 2 rings (SSSR count). The van der Waals surface area contributed by atoms with E-state index in [-0.39, 0.29) is 18.8 Å². The van der Waals surface area contributed by atoms with Crippen LogP contribution in [0.25, 0.3) is 0 Å². The minimum Gasteiger partial charge on any atom is -0.464 e. The number of nitriles is 1. The van der Waals surface area contributed by atoms with E-state index in [0.29, 0.717) is 5.56 Å². The van der Waals surface area contributed by atoms with Gasteiger partial charge in [0.25, 0.3) is 0 Å². The van der Waals surface area contributed by atoms with Gasteiger partial charge in [-0.1, -0.05) is 60.7 Å². The quantitative estimate of drug-likeness (QED) is 0.275. The van der Waals surface area contributed by atoms with Crippen molar-refractivity contribution in [1.29, 1.82) is 5.26 Å². The summed E-state index contributed by atoms with van der Waals surface area (Å²) >= 11 is 1.82. The van der Waals surface area contributed by atoms with Gasteiger partial charge in [-0.2, -0.15) is 5.26 Å². The van der Waals surface area contributed by atoms with E-state index in [0.717, 1.165) is 5.56 Å². The Morgan fingerprint density at radius 2 is 1.68 bits per heavy atom. The number of esters is 1. The molecule has 0 fully saturated rings. The van der Waals surface area contributed by atoms with E-state index >= 15 is 0 Å². The standard InChI is InChI=1S/C20H18INO3/c1-2-25-19(24)20(21,14-22)17(15-9-5-3-6-10-15)13-18(23)16-11-7-4-8-12-16/h3-12,17H,2,13H2,1H3. The van der Waals surface area contributed by atoms with Crippen molar-refractivity contribution in [3.8, 4) is 6.07 Å². The molecule has 0 spiro atoms. The topological polar surface area (TPSA) is 67.2 Å². The molecule has 0 saturated carbocycles. The van der Waals surface area contributed by atoms with Gasteiger partial charge in [0.1, 0.15) is 0 Å². The van der Waals surface area contributed by atoms with Crippen LogP contribution in [0.3, 0.4) is 0 Å². The van der Waals surface area contributed by atoms with Gasteiger partial charge < -0.3 is 4.74 Å². The summed E-state index contributed by atoms with van der Waals surface area (Å²) in [4.78, 5) is 25.2. The van der Waals surface area contributed by atoms with Crippen molar-refractivity contribution >= 4 is 34.3 Å². The lowest BCUT2D eigenvalue weighted by Crippen LogP contribution is -2.39. The van der Waals surface area contributed by atoms with E-state index < -0.39 is 15.3 Å². The van der Waals surface area contributed by atoms with Crippen LogP contribution < -0.4 is 0 Å². The van der Waals surface area contributed by atoms with Gasteiger partial charge in [0.05, 0.1) is 12.7 Å². The maximum atomic E-state index is 12.7. The average molecular weight is 447 g/mol. The van der Waals surface area contributed by atoms with Crippen molar-refractivity contribution < 1.29 is 14.3 Å². The van der Waals surface area contributed by atoms with Gasteiger partial charge in [-0.25, -0.2) is 4.79 Å². The Balaban J connectivity index is 2.42. The fourth-order valence-electron chi connectivity index (χ4n) is 2.60. The largest absolute Gasteiger partial charge is 0.464 e. The lowest BCUT2D eigenvalue weighted by molar-refractivity contribution is -0.144. The first-order valence-corrected chi connectivity index (χ1v) is 9.01. The summed E-state index contributed by atoms with van der Waals surface area (Å²) in [6, 6.07) is 20.1. The van der Waals surface area contributed by atoms with Gasteiger partial charge in [-0.3, -0.25) is 4.79 Å². The monoisotopic (exact) mass is 447 g/mol. The summed E-state index contributed by atoms with van der Waals surface area (Å²) < 4.78 is 3.63. The van der Waals surface area contributed by atoms with Crippen LogP contribution in [-0.2, 0) is 9.53 Å². The number of Topliss-reactive ketones (excluding diaryl/α,β-unsaturated/α-hetero) is 1. The minimum atomic E-state index is -1.47. The Bertz CT molecular complexity index is 771. The summed E-state index contributed by atoms with van der Waals surface area (Å²) in [6.07, 6.45) is 0.0450. The maximum Gasteiger partial charge on any atom is 0.337 e. The Hall–Kier alpha value is -2.20. The molecule has 2 aromatic carbocycles. The van der Waals surface area contributed by atoms with Crippen molar-refractivity contribution in [2.45, 2.75) is 22.7 Å². The molecule has 0 saturated heterocycles. The molecule has 0 heterocycles. The zero-order valence-corrected chi connectivity index (χ0v) is 16.0. The number of ketones is 1. The van der Waals surface area contributed by atoms with Crippen LogP contribution >= 0.6 is 22.6 Å². The Kier molecular flexibility index (Phi) is 6.71. The predicted octanol–water partition coefficient (Wildman–Crippen LogP) is 4.30. The second-order valence-corrected chi connectivity index (χ2v) is 7.20. The molecule has 0 amide bonds. The summed E-state index contributed by atoms with van der Waals surface area (Å²) in [7, 11) is 0. The second kappa shape index (κ2) is 8.77. The van der Waals surface area contributed by atoms with Gasteiger partial charge in [-0.15, -0.1) is 0 Å². The Labute approximate surface area is 160 Å². The van der Waals surface area contributed by atoms with Crippen LogP contribution in [0.15, 0.2) is 60.7 Å². The first-order chi connectivity index (χ1) is 12.0. The van der Waals surface area contributed by atoms with Crippen LogP contribution in [0.1, 0.15) is 35.2 Å². The number of carbonyl (C=O) groups excluding carboxylic acids is 2. The summed E-state index contributed by atoms with van der Waals surface area (Å²) in [6.45, 7) is 1.87. The lowest BCUT2D eigenvalue weighted by atomic mass is 9.82. The molecule has 2 aromatic rings. The van der Waals surface area contributed by atoms with Gasteiger partial charge in [0.15, 0.2) is 5.78 Å². The summed E-state index contributed by atoms with van der Waals surface area (Å²) in [5.74, 6) is -1.34. The van der Waals surface area contributed by atoms with E-state index in [1.807, 2.05) is 59.0 Å². The number of rotatable bonds is 7. The molecule has 0 bridgehead atoms. The fourth-order valence-corrected chi connectivity index (χ4v) is 3.34. The smallest absolute Gasteiger partial charge is 0.337 e. The van der Waals surface area contributed by atoms with E-state index in [1.54, 1.807) is 31.2 Å². The highest BCUT2D eigenvalue weighted by molar-refractivity contribution is 14.1. The summed E-state index contributed by atoms with van der Waals surface area (Å²) in [5, 5.41) is 9.73. The predicted molar refractivity (Wildman–Crippen MR) is 104 cm³/mol. The molecule has 25 heavy (non-hydrogen) atoms. The normalized spacial score (nSPS) is 14.0. The molecule has 0 aromatic heterocycles. The lowest BCUT2D eigenvalue weighted by Gasteiger charge is -2.28. The third-order valence-electron chi connectivity index (χ3n) is 3.90. The van der Waals surface area contributed by atoms with E-state index in [2.05, 4.69) is 6.07 Å². The van der Waals surface area contributed by atoms with Gasteiger partial charge in [-0.05, 0) is 35.1 Å². The zero-order valence-electron chi connectivity index (χ0n) is 13.8. The Morgan fingerprint density at radius 3 is 2.20 bits per heavy atom. The molecule has 0 radical (unpaired) electrons. The number of hydrogen-bond acceptors (Lipinski definition) is 4. The number of alkyl halides is 1. The number of halogens is 1. The minimum absolute atomic E-state index is 0.0450. The van der Waals surface area contributed by atoms with E-state index in [4.69, 9.17) is 4.74 Å². The SMILES string of the molecule is CCOC(=O)C(I)(C#N)C(CC(=O)c1ccccc1)c1ccccc1. The molecule has 4 nitrogen and oxygen atoms in total. The van der Waals surface area contributed by atoms with Crippen molar-refractivity contribution in [2.24, 2.45) is 0 Å². The maximum absolute atomic E-state index is 12.7. The molecule has 5 heteroatoms. The Morgan fingerprint density at radius 1 is 1.12 bits per heavy atom. The van der Waals surface area contributed by atoms with E-state index in [9.17, 15) is 14.9 Å². The number of carbonyl (C=O) groups is 2. The van der Waals surface area contributed by atoms with Crippen LogP contribution in [0.2, 0.25) is 0 Å². The number of ether oxygens (including phenoxy) is 1. The first-order valence-electron chi connectivity index (χ1n) is 7.93. The van der Waals surface area contributed by atoms with Gasteiger partial charge >= 0.3 is 5.97 Å². The van der Waals surface area contributed by atoms with Crippen molar-refractivity contribution in [3.63, 3.8) is 0 Å². The third-order valence-corrected chi connectivity index (χ3v) is 5.34. The number of benzene rings is 2. The van der Waals surface area contributed by atoms with Crippen molar-refractivity contribution in [2.75, 3.05) is 6.61 Å². The molecular weight excluding hydrogens is 429 g/mol. The third kappa shape index (κ3) is 4.45. The van der Waals surface area contributed by atoms with Gasteiger partial charge in [0.2, 0.25) is 3.42 Å². The zero-order chi connectivity index (χ0) is 18.3. The van der Waals surface area contributed by atoms with Crippen LogP contribution in [0.4, 0.5) is 0 Å². The molecule has 0 aliphatic carbocycles. The highest BCUT2D eigenvalue weighted by Gasteiger charge is 2.47. The van der Waals surface area contributed by atoms with Crippen LogP contribution in [0, 0.1) is 11.3 Å². The van der Waals surface area contributed by atoms with E-state index in [1.165, 1.54) is 0 Å². The number of hydrogen-bond donors (Lipinski definition) is 0. The molecular formula is C20H18INO3. The number of nitrogens with zero attached hydrogens (tertiary/aromatic N) is 1.